The van der Waals surface area contributed by atoms with Gasteiger partial charge >= 0.3 is 5.82 Å². The summed E-state index contributed by atoms with van der Waals surface area (Å²) in [6.07, 6.45) is 2.66. The van der Waals surface area contributed by atoms with Crippen molar-refractivity contribution in [1.29, 1.82) is 0 Å². The second-order valence-electron chi connectivity index (χ2n) is 4.41. The van der Waals surface area contributed by atoms with Crippen molar-refractivity contribution in [2.75, 3.05) is 24.5 Å². The number of hydrogen-bond acceptors (Lipinski definition) is 6. The van der Waals surface area contributed by atoms with Crippen LogP contribution < -0.4 is 10.6 Å². The summed E-state index contributed by atoms with van der Waals surface area (Å²) in [4.78, 5) is 17.8. The van der Waals surface area contributed by atoms with Crippen LogP contribution in [0.2, 0.25) is 0 Å². The minimum absolute atomic E-state index is 0.0592. The molecular weight excluding hydrogens is 254 g/mol. The number of aromatic nitrogens is 2. The molecule has 1 aliphatic heterocycles. The Labute approximate surface area is 107 Å². The summed E-state index contributed by atoms with van der Waals surface area (Å²) in [5.74, 6) is 0.941. The SMILES string of the molecule is NCC1CCN(c2nc3sccn3c2[N+](=O)[O-])C1. The molecule has 0 bridgehead atoms. The fourth-order valence-corrected chi connectivity index (χ4v) is 3.07. The number of anilines is 1. The highest BCUT2D eigenvalue weighted by Gasteiger charge is 2.32. The maximum atomic E-state index is 11.2. The van der Waals surface area contributed by atoms with Gasteiger partial charge < -0.3 is 20.7 Å². The molecule has 1 saturated heterocycles. The first kappa shape index (κ1) is 11.4. The van der Waals surface area contributed by atoms with E-state index >= 15 is 0 Å². The first-order valence-corrected chi connectivity index (χ1v) is 6.63. The number of imidazole rings is 1. The highest BCUT2D eigenvalue weighted by molar-refractivity contribution is 7.15. The summed E-state index contributed by atoms with van der Waals surface area (Å²) in [6.45, 7) is 2.15. The molecule has 0 aromatic carbocycles. The van der Waals surface area contributed by atoms with Crippen LogP contribution in [0.25, 0.3) is 4.96 Å². The van der Waals surface area contributed by atoms with Crippen LogP contribution in [0.3, 0.4) is 0 Å². The summed E-state index contributed by atoms with van der Waals surface area (Å²) in [7, 11) is 0. The molecule has 0 spiro atoms. The van der Waals surface area contributed by atoms with E-state index in [0.29, 0.717) is 23.2 Å². The Morgan fingerprint density at radius 2 is 2.50 bits per heavy atom. The van der Waals surface area contributed by atoms with Crippen molar-refractivity contribution in [2.24, 2.45) is 11.7 Å². The maximum Gasteiger partial charge on any atom is 0.373 e. The second-order valence-corrected chi connectivity index (χ2v) is 5.28. The lowest BCUT2D eigenvalue weighted by Crippen LogP contribution is -2.23. The first-order valence-electron chi connectivity index (χ1n) is 5.75. The van der Waals surface area contributed by atoms with Crippen molar-refractivity contribution in [2.45, 2.75) is 6.42 Å². The predicted molar refractivity (Wildman–Crippen MR) is 69.1 cm³/mol. The molecule has 1 aliphatic rings. The van der Waals surface area contributed by atoms with Crippen LogP contribution in [0.4, 0.5) is 11.6 Å². The third-order valence-electron chi connectivity index (χ3n) is 3.31. The Kier molecular flexibility index (Phi) is 2.67. The summed E-state index contributed by atoms with van der Waals surface area (Å²) >= 11 is 1.40. The average molecular weight is 267 g/mol. The quantitative estimate of drug-likeness (QED) is 0.664. The number of hydrogen-bond donors (Lipinski definition) is 1. The molecule has 1 unspecified atom stereocenters. The molecule has 0 saturated carbocycles. The minimum Gasteiger partial charge on any atom is -0.358 e. The molecule has 0 radical (unpaired) electrons. The van der Waals surface area contributed by atoms with E-state index in [0.717, 1.165) is 19.5 Å². The summed E-state index contributed by atoms with van der Waals surface area (Å²) in [6, 6.07) is 0. The van der Waals surface area contributed by atoms with Gasteiger partial charge in [-0.2, -0.15) is 9.38 Å². The van der Waals surface area contributed by atoms with Gasteiger partial charge in [0, 0.05) is 18.5 Å². The highest BCUT2D eigenvalue weighted by atomic mass is 32.1. The van der Waals surface area contributed by atoms with Crippen LogP contribution >= 0.6 is 11.3 Å². The predicted octanol–water partition coefficient (Wildman–Crippen LogP) is 1.09. The van der Waals surface area contributed by atoms with Gasteiger partial charge in [0.25, 0.3) is 4.96 Å². The van der Waals surface area contributed by atoms with Gasteiger partial charge in [0.2, 0.25) is 5.82 Å². The number of rotatable bonds is 3. The Hall–Kier alpha value is -1.67. The lowest BCUT2D eigenvalue weighted by Gasteiger charge is -2.14. The van der Waals surface area contributed by atoms with E-state index in [-0.39, 0.29) is 10.7 Å². The third kappa shape index (κ3) is 1.65. The minimum atomic E-state index is -0.363. The van der Waals surface area contributed by atoms with E-state index in [1.165, 1.54) is 15.7 Å². The van der Waals surface area contributed by atoms with Gasteiger partial charge in [0.15, 0.2) is 0 Å². The highest BCUT2D eigenvalue weighted by Crippen LogP contribution is 2.33. The third-order valence-corrected chi connectivity index (χ3v) is 4.07. The van der Waals surface area contributed by atoms with Crippen LogP contribution in [-0.2, 0) is 0 Å². The van der Waals surface area contributed by atoms with Gasteiger partial charge in [0.05, 0.1) is 0 Å². The standard InChI is InChI=1S/C10H13N5O2S/c11-5-7-1-2-13(6-7)8-9(15(16)17)14-3-4-18-10(14)12-8/h3-4,7H,1-2,5-6,11H2. The molecule has 1 atom stereocenters. The smallest absolute Gasteiger partial charge is 0.358 e. The van der Waals surface area contributed by atoms with E-state index in [1.54, 1.807) is 11.6 Å². The molecule has 3 heterocycles. The summed E-state index contributed by atoms with van der Waals surface area (Å²) in [5.41, 5.74) is 5.64. The van der Waals surface area contributed by atoms with Gasteiger partial charge in [-0.15, -0.1) is 0 Å². The van der Waals surface area contributed by atoms with Gasteiger partial charge in [-0.1, -0.05) is 11.3 Å². The van der Waals surface area contributed by atoms with Crippen molar-refractivity contribution in [3.8, 4) is 0 Å². The van der Waals surface area contributed by atoms with Crippen LogP contribution in [-0.4, -0.2) is 33.9 Å². The number of nitrogens with zero attached hydrogens (tertiary/aromatic N) is 4. The summed E-state index contributed by atoms with van der Waals surface area (Å²) in [5, 5.41) is 13.0. The van der Waals surface area contributed by atoms with Crippen LogP contribution in [0.5, 0.6) is 0 Å². The molecule has 2 N–H and O–H groups in total. The van der Waals surface area contributed by atoms with Crippen LogP contribution in [0.15, 0.2) is 11.6 Å². The Morgan fingerprint density at radius 1 is 1.67 bits per heavy atom. The van der Waals surface area contributed by atoms with E-state index in [1.807, 2.05) is 4.90 Å². The molecule has 7 nitrogen and oxygen atoms in total. The van der Waals surface area contributed by atoms with E-state index in [2.05, 4.69) is 4.98 Å². The van der Waals surface area contributed by atoms with E-state index in [9.17, 15) is 10.1 Å². The molecule has 8 heteroatoms. The topological polar surface area (TPSA) is 89.7 Å². The number of nitro groups is 1. The van der Waals surface area contributed by atoms with Crippen LogP contribution in [0.1, 0.15) is 6.42 Å². The average Bonchev–Trinajstić information content (AvgIpc) is 3.02. The number of fused-ring (bicyclic) bond motifs is 1. The Morgan fingerprint density at radius 3 is 3.17 bits per heavy atom. The van der Waals surface area contributed by atoms with E-state index in [4.69, 9.17) is 5.73 Å². The monoisotopic (exact) mass is 267 g/mol. The molecule has 0 amide bonds. The molecular formula is C10H13N5O2S. The van der Waals surface area contributed by atoms with Gasteiger partial charge in [-0.3, -0.25) is 0 Å². The molecule has 18 heavy (non-hydrogen) atoms. The number of thiazole rings is 1. The maximum absolute atomic E-state index is 11.2. The second kappa shape index (κ2) is 4.21. The Balaban J connectivity index is 2.03. The van der Waals surface area contributed by atoms with Crippen molar-refractivity contribution in [1.82, 2.24) is 9.38 Å². The van der Waals surface area contributed by atoms with E-state index < -0.39 is 0 Å². The molecule has 0 aliphatic carbocycles. The normalized spacial score (nSPS) is 19.8. The van der Waals surface area contributed by atoms with Gasteiger partial charge in [-0.25, -0.2) is 0 Å². The van der Waals surface area contributed by atoms with Crippen molar-refractivity contribution >= 4 is 27.9 Å². The summed E-state index contributed by atoms with van der Waals surface area (Å²) < 4.78 is 1.54. The number of nitrogens with two attached hydrogens (primary N) is 1. The fraction of sp³-hybridized carbons (Fsp3) is 0.500. The zero-order chi connectivity index (χ0) is 12.7. The molecule has 1 fully saturated rings. The van der Waals surface area contributed by atoms with Gasteiger partial charge in [-0.05, 0) is 23.8 Å². The van der Waals surface area contributed by atoms with Crippen molar-refractivity contribution < 1.29 is 4.92 Å². The molecule has 96 valence electrons. The fourth-order valence-electron chi connectivity index (χ4n) is 2.36. The largest absolute Gasteiger partial charge is 0.373 e. The Bertz CT molecular complexity index is 592. The van der Waals surface area contributed by atoms with Crippen molar-refractivity contribution in [3.63, 3.8) is 0 Å². The zero-order valence-corrected chi connectivity index (χ0v) is 10.5. The molecule has 2 aromatic rings. The van der Waals surface area contributed by atoms with Crippen molar-refractivity contribution in [3.05, 3.63) is 21.7 Å². The lowest BCUT2D eigenvalue weighted by molar-refractivity contribution is -0.389. The van der Waals surface area contributed by atoms with Gasteiger partial charge in [0.1, 0.15) is 6.20 Å². The van der Waals surface area contributed by atoms with Crippen LogP contribution in [0, 0.1) is 16.0 Å². The lowest BCUT2D eigenvalue weighted by atomic mass is 10.1. The zero-order valence-electron chi connectivity index (χ0n) is 9.65. The molecule has 2 aromatic heterocycles. The first-order chi connectivity index (χ1) is 8.70. The molecule has 3 rings (SSSR count).